The van der Waals surface area contributed by atoms with Crippen molar-refractivity contribution in [3.8, 4) is 11.4 Å². The number of nitrogens with zero attached hydrogens (tertiary/aromatic N) is 4. The molecule has 79 heavy (non-hydrogen) atoms. The number of carbonyl (C=O) groups is 9. The molecule has 0 radical (unpaired) electrons. The number of hydrogen-bond donors (Lipinski definition) is 3. The third-order valence-electron chi connectivity index (χ3n) is 16.1. The van der Waals surface area contributed by atoms with E-state index in [-0.39, 0.29) is 131 Å². The number of cyclic esters (lactones) is 1. The van der Waals surface area contributed by atoms with Crippen LogP contribution < -0.4 is 16.2 Å². The number of aromatic nitrogens is 2. The topological polar surface area (TPSA) is 258 Å². The van der Waals surface area contributed by atoms with Crippen LogP contribution in [0.15, 0.2) is 59.4 Å². The highest BCUT2D eigenvalue weighted by Crippen LogP contribution is 2.48. The molecule has 5 heterocycles. The Morgan fingerprint density at radius 3 is 2.34 bits per heavy atom. The van der Waals surface area contributed by atoms with Crippen molar-refractivity contribution in [1.29, 1.82) is 0 Å². The number of nitrogens with one attached hydrogen (secondary N) is 2. The van der Waals surface area contributed by atoms with E-state index < -0.39 is 58.6 Å². The lowest BCUT2D eigenvalue weighted by atomic mass is 9.81. The van der Waals surface area contributed by atoms with Crippen LogP contribution in [0.3, 0.4) is 0 Å². The zero-order valence-electron chi connectivity index (χ0n) is 44.7. The van der Waals surface area contributed by atoms with Crippen molar-refractivity contribution < 1.29 is 62.1 Å². The molecule has 19 nitrogen and oxygen atoms in total. The number of aryl methyl sites for hydroxylation is 1. The number of carbonyl (C=O) groups excluding carboxylic acids is 9. The first-order chi connectivity index (χ1) is 37.9. The highest BCUT2D eigenvalue weighted by molar-refractivity contribution is 6.12. The van der Waals surface area contributed by atoms with Crippen LogP contribution in [0.1, 0.15) is 129 Å². The first-order valence-electron chi connectivity index (χ1n) is 27.2. The van der Waals surface area contributed by atoms with Crippen LogP contribution in [0.2, 0.25) is 0 Å². The minimum Gasteiger partial charge on any atom is -0.458 e. The quantitative estimate of drug-likeness (QED) is 0.0388. The Hall–Kier alpha value is -7.58. The molecule has 0 bridgehead atoms. The van der Waals surface area contributed by atoms with Crippen molar-refractivity contribution in [2.75, 3.05) is 33.3 Å². The molecule has 1 saturated carbocycles. The number of amides is 5. The molecule has 0 spiro atoms. The van der Waals surface area contributed by atoms with Gasteiger partial charge in [-0.2, -0.15) is 0 Å². The Morgan fingerprint density at radius 2 is 1.62 bits per heavy atom. The van der Waals surface area contributed by atoms with Gasteiger partial charge in [-0.3, -0.25) is 48.1 Å². The van der Waals surface area contributed by atoms with Gasteiger partial charge in [-0.15, -0.1) is 0 Å². The number of halogens is 1. The van der Waals surface area contributed by atoms with Gasteiger partial charge in [-0.1, -0.05) is 43.7 Å². The summed E-state index contributed by atoms with van der Waals surface area (Å²) in [7, 11) is 1.69. The second-order valence-electron chi connectivity index (χ2n) is 21.4. The minimum absolute atomic E-state index is 0.0181. The summed E-state index contributed by atoms with van der Waals surface area (Å²) in [6.45, 7) is 2.55. The molecule has 0 unspecified atom stereocenters. The van der Waals surface area contributed by atoms with Gasteiger partial charge < -0.3 is 34.7 Å². The van der Waals surface area contributed by atoms with Crippen LogP contribution in [-0.2, 0) is 84.2 Å². The van der Waals surface area contributed by atoms with E-state index in [1.807, 2.05) is 18.2 Å². The van der Waals surface area contributed by atoms with E-state index in [1.165, 1.54) is 22.8 Å². The number of fused-ring (bicyclic) bond motifs is 5. The second-order valence-corrected chi connectivity index (χ2v) is 21.4. The predicted molar refractivity (Wildman–Crippen MR) is 283 cm³/mol. The molecule has 9 rings (SSSR count). The van der Waals surface area contributed by atoms with E-state index in [4.69, 9.17) is 14.5 Å². The summed E-state index contributed by atoms with van der Waals surface area (Å²) < 4.78 is 28.6. The molecule has 5 amide bonds. The van der Waals surface area contributed by atoms with Gasteiger partial charge in [0.25, 0.3) is 23.3 Å². The molecule has 2 aromatic carbocycles. The zero-order valence-corrected chi connectivity index (χ0v) is 44.7. The Labute approximate surface area is 455 Å². The summed E-state index contributed by atoms with van der Waals surface area (Å²) in [6, 6.07) is 11.5. The molecule has 4 aromatic rings. The SMILES string of the molecule is CC[C@@]1(O)C(=O)OCc2c1cc1n(c2=O)Cc2c-1nc1cc(F)c(C)c3c1c2[C@@H](N(C)C(=O)[C@@H](OCCC(=O)CNC(=O)[C@@H](CC(=O)CNC(=O)CCC(=O)CCCCCN1C(=O)C=CC1=O)Cc1ccccc1)C1CC1)CC3. The summed E-state index contributed by atoms with van der Waals surface area (Å²) in [5.41, 5.74) is 2.32. The fourth-order valence-corrected chi connectivity index (χ4v) is 11.4. The fourth-order valence-electron chi connectivity index (χ4n) is 11.4. The van der Waals surface area contributed by atoms with Gasteiger partial charge in [0.1, 0.15) is 24.3 Å². The number of ether oxygens (including phenoxy) is 2. The number of pyridine rings is 2. The molecule has 1 fully saturated rings. The number of likely N-dealkylation sites (N-methyl/N-ethyl adjacent to an activating group) is 1. The van der Waals surface area contributed by atoms with Gasteiger partial charge in [-0.25, -0.2) is 14.2 Å². The first-order valence-corrected chi connectivity index (χ1v) is 27.2. The van der Waals surface area contributed by atoms with Gasteiger partial charge in [0.2, 0.25) is 11.8 Å². The standard InChI is InChI=1S/C59H65FN6O13/c1-4-59(77)43-27-47-53-41(31-66(47)56(74)42(43)32-79-58(59)76)52-46(18-17-40-33(2)44(60)28-45(63-53)51(40)52)64(3)57(75)54(35-14-15-35)78-24-22-38(68)29-62-55(73)36(25-34-11-7-5-8-12-34)26-39(69)30-61-48(70)19-16-37(67)13-9-6-10-23-65-49(71)20-21-50(65)72/h5,7-8,11-12,20-21,27-28,35-36,46,54,77H,4,6,9-10,13-19,22-26,29-32H2,1-3H3,(H,61,70)(H,62,73)/t36-,46+,54+,59+/m1/s1. The Kier molecular flexibility index (Phi) is 16.9. The van der Waals surface area contributed by atoms with Crippen LogP contribution >= 0.6 is 0 Å². The van der Waals surface area contributed by atoms with Gasteiger partial charge in [0, 0.05) is 86.3 Å². The lowest BCUT2D eigenvalue weighted by Crippen LogP contribution is -2.44. The smallest absolute Gasteiger partial charge is 0.343 e. The number of rotatable bonds is 26. The number of imide groups is 1. The number of ketones is 3. The van der Waals surface area contributed by atoms with Gasteiger partial charge in [0.15, 0.2) is 17.2 Å². The maximum absolute atomic E-state index is 15.6. The third-order valence-corrected chi connectivity index (χ3v) is 16.1. The van der Waals surface area contributed by atoms with Crippen LogP contribution in [0.4, 0.5) is 4.39 Å². The summed E-state index contributed by atoms with van der Waals surface area (Å²) >= 11 is 0. The van der Waals surface area contributed by atoms with Gasteiger partial charge >= 0.3 is 5.97 Å². The Balaban J connectivity index is 0.790. The van der Waals surface area contributed by atoms with Crippen LogP contribution in [-0.4, -0.2) is 117 Å². The molecule has 0 saturated heterocycles. The average Bonchev–Trinajstić information content (AvgIpc) is 3.25. The molecule has 3 N–H and O–H groups in total. The van der Waals surface area contributed by atoms with E-state index in [1.54, 1.807) is 44.0 Å². The maximum Gasteiger partial charge on any atom is 0.343 e. The second kappa shape index (κ2) is 23.8. The first kappa shape index (κ1) is 56.2. The summed E-state index contributed by atoms with van der Waals surface area (Å²) in [5, 5.41) is 17.4. The monoisotopic (exact) mass is 1080 g/mol. The summed E-state index contributed by atoms with van der Waals surface area (Å²) in [5.74, 6) is -5.22. The Morgan fingerprint density at radius 1 is 0.886 bits per heavy atom. The molecule has 416 valence electrons. The van der Waals surface area contributed by atoms with Gasteiger partial charge in [-0.05, 0) is 92.5 Å². The fraction of sp³-hybridized carbons (Fsp3) is 0.475. The van der Waals surface area contributed by atoms with E-state index >= 15 is 4.39 Å². The minimum atomic E-state index is -2.05. The van der Waals surface area contributed by atoms with Crippen molar-refractivity contribution in [3.05, 3.63) is 110 Å². The summed E-state index contributed by atoms with van der Waals surface area (Å²) in [6.07, 6.45) is 5.49. The van der Waals surface area contributed by atoms with Crippen LogP contribution in [0.5, 0.6) is 0 Å². The Bertz CT molecular complexity index is 3240. The molecular formula is C59H65FN6O13. The molecule has 5 aliphatic rings. The number of Topliss-reactive ketones (excluding diaryl/α,β-unsaturated/α-hetero) is 3. The highest BCUT2D eigenvalue weighted by Gasteiger charge is 2.47. The van der Waals surface area contributed by atoms with Crippen molar-refractivity contribution >= 4 is 63.8 Å². The number of hydrogen-bond acceptors (Lipinski definition) is 14. The molecule has 2 aliphatic carbocycles. The van der Waals surface area contributed by atoms with Crippen molar-refractivity contribution in [2.45, 2.75) is 135 Å². The van der Waals surface area contributed by atoms with Crippen LogP contribution in [0.25, 0.3) is 22.3 Å². The molecule has 3 aliphatic heterocycles. The van der Waals surface area contributed by atoms with E-state index in [0.717, 1.165) is 34.4 Å². The number of unbranched alkanes of at least 4 members (excludes halogenated alkanes) is 2. The lowest BCUT2D eigenvalue weighted by Gasteiger charge is -2.36. The molecule has 2 aromatic heterocycles. The van der Waals surface area contributed by atoms with E-state index in [2.05, 4.69) is 10.6 Å². The van der Waals surface area contributed by atoms with E-state index in [9.17, 15) is 53.1 Å². The molecule has 20 heteroatoms. The normalized spacial score (nSPS) is 18.6. The van der Waals surface area contributed by atoms with Crippen LogP contribution in [0, 0.1) is 24.6 Å². The third kappa shape index (κ3) is 11.9. The molecule has 4 atom stereocenters. The largest absolute Gasteiger partial charge is 0.458 e. The van der Waals surface area contributed by atoms with Crippen molar-refractivity contribution in [3.63, 3.8) is 0 Å². The van der Waals surface area contributed by atoms with Gasteiger partial charge in [0.05, 0.1) is 54.8 Å². The maximum atomic E-state index is 15.6. The number of aliphatic hydroxyl groups is 1. The van der Waals surface area contributed by atoms with Crippen molar-refractivity contribution in [1.82, 2.24) is 30.0 Å². The van der Waals surface area contributed by atoms with E-state index in [0.29, 0.717) is 65.5 Å². The summed E-state index contributed by atoms with van der Waals surface area (Å²) in [4.78, 5) is 138. The van der Waals surface area contributed by atoms with Crippen molar-refractivity contribution in [2.24, 2.45) is 11.8 Å². The average molecular weight is 1090 g/mol. The lowest BCUT2D eigenvalue weighted by molar-refractivity contribution is -0.172. The predicted octanol–water partition coefficient (Wildman–Crippen LogP) is 4.61. The molecular weight excluding hydrogens is 1020 g/mol. The number of esters is 1. The zero-order chi connectivity index (χ0) is 56.3. The number of benzene rings is 2. The highest BCUT2D eigenvalue weighted by atomic mass is 19.1.